The van der Waals surface area contributed by atoms with Crippen LogP contribution in [-0.4, -0.2) is 62.4 Å². The minimum absolute atomic E-state index is 0.121. The molecule has 172 valence electrons. The number of rotatable bonds is 4. The largest absolute Gasteiger partial charge is 0.353 e. The maximum atomic E-state index is 13.5. The molecule has 8 heteroatoms. The average Bonchev–Trinajstić information content (AvgIpc) is 3.33. The number of hydrogen-bond acceptors (Lipinski definition) is 6. The van der Waals surface area contributed by atoms with Crippen LogP contribution in [0.25, 0.3) is 5.78 Å². The number of anilines is 1. The molecule has 1 aliphatic heterocycles. The Bertz CT molecular complexity index is 1400. The highest BCUT2D eigenvalue weighted by atomic mass is 16.2. The number of carbonyl (C=O) groups excluding carboxylic acids is 2. The molecular formula is C26H26N6O2. The van der Waals surface area contributed by atoms with Gasteiger partial charge in [0.1, 0.15) is 12.1 Å². The first-order valence-electron chi connectivity index (χ1n) is 11.3. The maximum absolute atomic E-state index is 13.5. The second-order valence-electron chi connectivity index (χ2n) is 8.68. The van der Waals surface area contributed by atoms with Crippen molar-refractivity contribution in [3.63, 3.8) is 0 Å². The molecule has 3 heterocycles. The van der Waals surface area contributed by atoms with Crippen LogP contribution in [0.2, 0.25) is 0 Å². The number of carbonyl (C=O) groups is 2. The van der Waals surface area contributed by atoms with E-state index in [0.717, 1.165) is 22.6 Å². The zero-order valence-corrected chi connectivity index (χ0v) is 19.5. The molecule has 8 nitrogen and oxygen atoms in total. The van der Waals surface area contributed by atoms with Gasteiger partial charge in [-0.3, -0.25) is 9.59 Å². The van der Waals surface area contributed by atoms with Crippen LogP contribution in [0.4, 0.5) is 5.82 Å². The van der Waals surface area contributed by atoms with E-state index >= 15 is 0 Å². The van der Waals surface area contributed by atoms with E-state index in [1.165, 1.54) is 6.33 Å². The SMILES string of the molecule is Cc1cc(N2CCN(C(=O)c3ccccc3C(=O)c3ccc(C)c(C)c3)CC2)n2ncnc2n1. The van der Waals surface area contributed by atoms with Gasteiger partial charge >= 0.3 is 0 Å². The van der Waals surface area contributed by atoms with Gasteiger partial charge in [-0.2, -0.15) is 14.6 Å². The molecule has 1 aliphatic rings. The highest BCUT2D eigenvalue weighted by Crippen LogP contribution is 2.22. The highest BCUT2D eigenvalue weighted by molar-refractivity contribution is 6.15. The molecule has 0 N–H and O–H groups in total. The lowest BCUT2D eigenvalue weighted by molar-refractivity contribution is 0.0742. The predicted octanol–water partition coefficient (Wildman–Crippen LogP) is 3.24. The normalized spacial score (nSPS) is 14.0. The van der Waals surface area contributed by atoms with E-state index in [9.17, 15) is 9.59 Å². The van der Waals surface area contributed by atoms with Gasteiger partial charge in [0.25, 0.3) is 11.7 Å². The van der Waals surface area contributed by atoms with Crippen LogP contribution in [0.3, 0.4) is 0 Å². The number of hydrogen-bond donors (Lipinski definition) is 0. The molecule has 4 aromatic rings. The monoisotopic (exact) mass is 454 g/mol. The lowest BCUT2D eigenvalue weighted by Gasteiger charge is -2.36. The molecular weight excluding hydrogens is 428 g/mol. The number of amides is 1. The van der Waals surface area contributed by atoms with E-state index in [2.05, 4.69) is 20.0 Å². The number of nitrogens with zero attached hydrogens (tertiary/aromatic N) is 6. The van der Waals surface area contributed by atoms with Crippen LogP contribution in [0, 0.1) is 20.8 Å². The summed E-state index contributed by atoms with van der Waals surface area (Å²) in [7, 11) is 0. The summed E-state index contributed by atoms with van der Waals surface area (Å²) in [5.41, 5.74) is 4.53. The van der Waals surface area contributed by atoms with Crippen molar-refractivity contribution in [2.24, 2.45) is 0 Å². The molecule has 0 saturated carbocycles. The lowest BCUT2D eigenvalue weighted by atomic mass is 9.95. The van der Waals surface area contributed by atoms with Crippen molar-refractivity contribution in [1.82, 2.24) is 24.5 Å². The van der Waals surface area contributed by atoms with Gasteiger partial charge in [0, 0.05) is 49.1 Å². The van der Waals surface area contributed by atoms with Crippen molar-refractivity contribution >= 4 is 23.3 Å². The Balaban J connectivity index is 1.36. The molecule has 0 atom stereocenters. The number of aryl methyl sites for hydroxylation is 3. The molecule has 34 heavy (non-hydrogen) atoms. The lowest BCUT2D eigenvalue weighted by Crippen LogP contribution is -2.49. The third-order valence-corrected chi connectivity index (χ3v) is 6.42. The summed E-state index contributed by atoms with van der Waals surface area (Å²) in [5, 5.41) is 4.29. The summed E-state index contributed by atoms with van der Waals surface area (Å²) in [6.07, 6.45) is 1.49. The number of aromatic nitrogens is 4. The van der Waals surface area contributed by atoms with Crippen LogP contribution in [0.15, 0.2) is 54.9 Å². The van der Waals surface area contributed by atoms with Crippen molar-refractivity contribution in [1.29, 1.82) is 0 Å². The third kappa shape index (κ3) is 3.91. The van der Waals surface area contributed by atoms with Crippen molar-refractivity contribution in [2.45, 2.75) is 20.8 Å². The molecule has 5 rings (SSSR count). The number of ketones is 1. The van der Waals surface area contributed by atoms with Crippen molar-refractivity contribution in [2.75, 3.05) is 31.1 Å². The van der Waals surface area contributed by atoms with Gasteiger partial charge < -0.3 is 9.80 Å². The minimum atomic E-state index is -0.133. The molecule has 0 bridgehead atoms. The van der Waals surface area contributed by atoms with E-state index in [4.69, 9.17) is 0 Å². The van der Waals surface area contributed by atoms with Gasteiger partial charge in [-0.1, -0.05) is 30.3 Å². The number of piperazine rings is 1. The van der Waals surface area contributed by atoms with Crippen LogP contribution in [0.5, 0.6) is 0 Å². The molecule has 1 saturated heterocycles. The summed E-state index contributed by atoms with van der Waals surface area (Å²) < 4.78 is 1.72. The Morgan fingerprint density at radius 3 is 2.32 bits per heavy atom. The molecule has 0 unspecified atom stereocenters. The molecule has 0 aliphatic carbocycles. The van der Waals surface area contributed by atoms with Crippen molar-refractivity contribution in [3.8, 4) is 0 Å². The second kappa shape index (κ2) is 8.70. The molecule has 2 aromatic carbocycles. The predicted molar refractivity (Wildman–Crippen MR) is 129 cm³/mol. The fourth-order valence-corrected chi connectivity index (χ4v) is 4.35. The standard InChI is InChI=1S/C26H26N6O2/c1-17-8-9-20(14-18(17)2)24(33)21-6-4-5-7-22(21)25(34)31-12-10-30(11-13-31)23-15-19(3)29-26-27-16-28-32(23)26/h4-9,14-16H,10-13H2,1-3H3. The summed E-state index contributed by atoms with van der Waals surface area (Å²) in [4.78, 5) is 39.3. The average molecular weight is 455 g/mol. The van der Waals surface area contributed by atoms with E-state index in [1.54, 1.807) is 22.7 Å². The molecule has 1 amide bonds. The highest BCUT2D eigenvalue weighted by Gasteiger charge is 2.27. The summed E-state index contributed by atoms with van der Waals surface area (Å²) in [5.74, 6) is 1.22. The van der Waals surface area contributed by atoms with Gasteiger partial charge in [-0.15, -0.1) is 0 Å². The molecule has 0 radical (unpaired) electrons. The van der Waals surface area contributed by atoms with Crippen LogP contribution in [-0.2, 0) is 0 Å². The number of benzene rings is 2. The smallest absolute Gasteiger partial charge is 0.254 e. The van der Waals surface area contributed by atoms with Gasteiger partial charge in [0.05, 0.1) is 5.56 Å². The first-order valence-corrected chi connectivity index (χ1v) is 11.3. The minimum Gasteiger partial charge on any atom is -0.353 e. The van der Waals surface area contributed by atoms with E-state index in [0.29, 0.717) is 48.6 Å². The Morgan fingerprint density at radius 1 is 0.853 bits per heavy atom. The van der Waals surface area contributed by atoms with Crippen molar-refractivity contribution in [3.05, 3.63) is 88.4 Å². The fourth-order valence-electron chi connectivity index (χ4n) is 4.35. The van der Waals surface area contributed by atoms with Crippen LogP contribution >= 0.6 is 0 Å². The summed E-state index contributed by atoms with van der Waals surface area (Å²) >= 11 is 0. The topological polar surface area (TPSA) is 83.7 Å². The molecule has 0 spiro atoms. The van der Waals surface area contributed by atoms with Gasteiger partial charge in [-0.05, 0) is 44.0 Å². The Labute approximate surface area is 197 Å². The van der Waals surface area contributed by atoms with E-state index in [1.807, 2.05) is 56.0 Å². The Morgan fingerprint density at radius 2 is 1.59 bits per heavy atom. The first kappa shape index (κ1) is 21.8. The van der Waals surface area contributed by atoms with Crippen LogP contribution in [0.1, 0.15) is 43.1 Å². The molecule has 1 fully saturated rings. The van der Waals surface area contributed by atoms with Gasteiger partial charge in [0.2, 0.25) is 0 Å². The van der Waals surface area contributed by atoms with Gasteiger partial charge in [-0.25, -0.2) is 4.98 Å². The Hall–Kier alpha value is -4.07. The number of fused-ring (bicyclic) bond motifs is 1. The van der Waals surface area contributed by atoms with Gasteiger partial charge in [0.15, 0.2) is 5.78 Å². The zero-order chi connectivity index (χ0) is 23.8. The summed E-state index contributed by atoms with van der Waals surface area (Å²) in [6.45, 7) is 8.32. The Kier molecular flexibility index (Phi) is 5.57. The maximum Gasteiger partial charge on any atom is 0.254 e. The molecule has 2 aromatic heterocycles. The second-order valence-corrected chi connectivity index (χ2v) is 8.68. The van der Waals surface area contributed by atoms with Crippen molar-refractivity contribution < 1.29 is 9.59 Å². The zero-order valence-electron chi connectivity index (χ0n) is 19.5. The van der Waals surface area contributed by atoms with Crippen LogP contribution < -0.4 is 4.90 Å². The third-order valence-electron chi connectivity index (χ3n) is 6.42. The first-order chi connectivity index (χ1) is 16.4. The van der Waals surface area contributed by atoms with E-state index in [-0.39, 0.29) is 11.7 Å². The quantitative estimate of drug-likeness (QED) is 0.440. The summed E-state index contributed by atoms with van der Waals surface area (Å²) in [6, 6.07) is 14.7. The van der Waals surface area contributed by atoms with E-state index < -0.39 is 0 Å². The fraction of sp³-hybridized carbons (Fsp3) is 0.269.